The predicted molar refractivity (Wildman–Crippen MR) is 131 cm³/mol. The van der Waals surface area contributed by atoms with E-state index >= 15 is 0 Å². The average Bonchev–Trinajstić information content (AvgIpc) is 2.80. The Morgan fingerprint density at radius 1 is 1.06 bits per heavy atom. The molecule has 0 heterocycles. The second-order valence-corrected chi connectivity index (χ2v) is 9.27. The molecule has 0 radical (unpaired) electrons. The van der Waals surface area contributed by atoms with E-state index in [0.29, 0.717) is 30.8 Å². The molecule has 0 saturated heterocycles. The second kappa shape index (κ2) is 12.1. The molecule has 2 aromatic rings. The van der Waals surface area contributed by atoms with Crippen LogP contribution in [0.5, 0.6) is 0 Å². The number of nitrogens with one attached hydrogen (secondary N) is 1. The highest BCUT2D eigenvalue weighted by molar-refractivity contribution is 6.31. The molecular formula is C27H35ClN2O2. The quantitative estimate of drug-likeness (QED) is 0.517. The molecule has 2 amide bonds. The fraction of sp³-hybridized carbons (Fsp3) is 0.481. The van der Waals surface area contributed by atoms with E-state index in [-0.39, 0.29) is 17.9 Å². The molecule has 0 aromatic heterocycles. The SMILES string of the molecule is CCC(C(=O)NC1CCCCC1)N(Cc1ccccc1Cl)C(=O)CCc1ccc(C)cc1. The van der Waals surface area contributed by atoms with E-state index in [1.807, 2.05) is 31.2 Å². The summed E-state index contributed by atoms with van der Waals surface area (Å²) in [4.78, 5) is 28.4. The number of aryl methyl sites for hydroxylation is 2. The Balaban J connectivity index is 1.75. The summed E-state index contributed by atoms with van der Waals surface area (Å²) in [6.45, 7) is 4.36. The van der Waals surface area contributed by atoms with Gasteiger partial charge in [-0.1, -0.05) is 85.8 Å². The van der Waals surface area contributed by atoms with E-state index < -0.39 is 6.04 Å². The minimum Gasteiger partial charge on any atom is -0.352 e. The van der Waals surface area contributed by atoms with Gasteiger partial charge in [0.15, 0.2) is 0 Å². The van der Waals surface area contributed by atoms with Crippen LogP contribution in [-0.2, 0) is 22.6 Å². The van der Waals surface area contributed by atoms with Crippen molar-refractivity contribution in [1.82, 2.24) is 10.2 Å². The van der Waals surface area contributed by atoms with Crippen LogP contribution in [0.2, 0.25) is 5.02 Å². The van der Waals surface area contributed by atoms with E-state index in [1.54, 1.807) is 4.90 Å². The Bertz CT molecular complexity index is 891. The van der Waals surface area contributed by atoms with Crippen molar-refractivity contribution < 1.29 is 9.59 Å². The fourth-order valence-corrected chi connectivity index (χ4v) is 4.62. The molecule has 1 unspecified atom stereocenters. The van der Waals surface area contributed by atoms with Crippen LogP contribution in [0.4, 0.5) is 0 Å². The van der Waals surface area contributed by atoms with Gasteiger partial charge in [0.1, 0.15) is 6.04 Å². The molecule has 1 saturated carbocycles. The first-order valence-electron chi connectivity index (χ1n) is 11.9. The monoisotopic (exact) mass is 454 g/mol. The van der Waals surface area contributed by atoms with E-state index in [4.69, 9.17) is 11.6 Å². The van der Waals surface area contributed by atoms with E-state index in [1.165, 1.54) is 12.0 Å². The van der Waals surface area contributed by atoms with Gasteiger partial charge in [0.25, 0.3) is 0 Å². The summed E-state index contributed by atoms with van der Waals surface area (Å²) in [6, 6.07) is 15.5. The lowest BCUT2D eigenvalue weighted by atomic mass is 9.95. The number of amides is 2. The fourth-order valence-electron chi connectivity index (χ4n) is 4.42. The summed E-state index contributed by atoms with van der Waals surface area (Å²) in [5.74, 6) is -0.0636. The number of nitrogens with zero attached hydrogens (tertiary/aromatic N) is 1. The molecule has 1 N–H and O–H groups in total. The Kier molecular flexibility index (Phi) is 9.16. The van der Waals surface area contributed by atoms with Gasteiger partial charge in [0.2, 0.25) is 11.8 Å². The van der Waals surface area contributed by atoms with Gasteiger partial charge >= 0.3 is 0 Å². The van der Waals surface area contributed by atoms with Gasteiger partial charge < -0.3 is 10.2 Å². The number of carbonyl (C=O) groups is 2. The van der Waals surface area contributed by atoms with Crippen molar-refractivity contribution in [3.63, 3.8) is 0 Å². The molecule has 32 heavy (non-hydrogen) atoms. The van der Waals surface area contributed by atoms with Gasteiger partial charge in [0.05, 0.1) is 0 Å². The summed E-state index contributed by atoms with van der Waals surface area (Å²) in [5, 5.41) is 3.84. The van der Waals surface area contributed by atoms with Crippen LogP contribution < -0.4 is 5.32 Å². The number of rotatable bonds is 9. The van der Waals surface area contributed by atoms with E-state index in [0.717, 1.165) is 36.8 Å². The summed E-state index contributed by atoms with van der Waals surface area (Å²) in [7, 11) is 0. The van der Waals surface area contributed by atoms with Gasteiger partial charge in [-0.2, -0.15) is 0 Å². The summed E-state index contributed by atoms with van der Waals surface area (Å²) >= 11 is 6.41. The Morgan fingerprint density at radius 3 is 2.41 bits per heavy atom. The van der Waals surface area contributed by atoms with Crippen LogP contribution in [-0.4, -0.2) is 28.8 Å². The Labute approximate surface area is 197 Å². The van der Waals surface area contributed by atoms with Crippen LogP contribution >= 0.6 is 11.6 Å². The number of hydrogen-bond acceptors (Lipinski definition) is 2. The summed E-state index contributed by atoms with van der Waals surface area (Å²) in [6.07, 6.45) is 7.17. The normalized spacial score (nSPS) is 15.2. The molecule has 1 fully saturated rings. The van der Waals surface area contributed by atoms with Crippen LogP contribution in [0.1, 0.15) is 68.6 Å². The third kappa shape index (κ3) is 6.83. The smallest absolute Gasteiger partial charge is 0.243 e. The van der Waals surface area contributed by atoms with Crippen LogP contribution in [0.25, 0.3) is 0 Å². The average molecular weight is 455 g/mol. The van der Waals surface area contributed by atoms with Crippen molar-refractivity contribution in [3.05, 3.63) is 70.2 Å². The van der Waals surface area contributed by atoms with Gasteiger partial charge in [0, 0.05) is 24.0 Å². The third-order valence-corrected chi connectivity index (χ3v) is 6.75. The number of halogens is 1. The van der Waals surface area contributed by atoms with Crippen molar-refractivity contribution in [2.45, 2.75) is 83.8 Å². The molecular weight excluding hydrogens is 420 g/mol. The zero-order valence-corrected chi connectivity index (χ0v) is 20.0. The lowest BCUT2D eigenvalue weighted by Gasteiger charge is -2.33. The highest BCUT2D eigenvalue weighted by Crippen LogP contribution is 2.22. The van der Waals surface area contributed by atoms with Crippen molar-refractivity contribution in [3.8, 4) is 0 Å². The molecule has 172 valence electrons. The Hall–Kier alpha value is -2.33. The topological polar surface area (TPSA) is 49.4 Å². The molecule has 2 aromatic carbocycles. The molecule has 5 heteroatoms. The van der Waals surface area contributed by atoms with Crippen molar-refractivity contribution in [2.75, 3.05) is 0 Å². The van der Waals surface area contributed by atoms with Crippen LogP contribution in [0, 0.1) is 6.92 Å². The number of benzene rings is 2. The molecule has 4 nitrogen and oxygen atoms in total. The highest BCUT2D eigenvalue weighted by Gasteiger charge is 2.30. The molecule has 0 spiro atoms. The van der Waals surface area contributed by atoms with Gasteiger partial charge in [-0.05, 0) is 49.8 Å². The maximum absolute atomic E-state index is 13.4. The van der Waals surface area contributed by atoms with Gasteiger partial charge in [-0.25, -0.2) is 0 Å². The minimum atomic E-state index is -0.501. The first-order chi connectivity index (χ1) is 15.5. The number of hydrogen-bond donors (Lipinski definition) is 1. The lowest BCUT2D eigenvalue weighted by molar-refractivity contribution is -0.141. The molecule has 3 rings (SSSR count). The maximum Gasteiger partial charge on any atom is 0.243 e. The molecule has 0 bridgehead atoms. The molecule has 1 atom stereocenters. The van der Waals surface area contributed by atoms with E-state index in [2.05, 4.69) is 36.5 Å². The minimum absolute atomic E-state index is 0.0175. The third-order valence-electron chi connectivity index (χ3n) is 6.38. The van der Waals surface area contributed by atoms with Crippen LogP contribution in [0.3, 0.4) is 0 Å². The zero-order chi connectivity index (χ0) is 22.9. The Morgan fingerprint density at radius 2 is 1.75 bits per heavy atom. The van der Waals surface area contributed by atoms with E-state index in [9.17, 15) is 9.59 Å². The van der Waals surface area contributed by atoms with Gasteiger partial charge in [-0.3, -0.25) is 9.59 Å². The molecule has 0 aliphatic heterocycles. The van der Waals surface area contributed by atoms with Crippen molar-refractivity contribution in [1.29, 1.82) is 0 Å². The zero-order valence-electron chi connectivity index (χ0n) is 19.3. The van der Waals surface area contributed by atoms with Crippen LogP contribution in [0.15, 0.2) is 48.5 Å². The number of carbonyl (C=O) groups excluding carboxylic acids is 2. The first kappa shape index (κ1) is 24.3. The predicted octanol–water partition coefficient (Wildman–Crippen LogP) is 5.84. The van der Waals surface area contributed by atoms with Crippen molar-refractivity contribution >= 4 is 23.4 Å². The first-order valence-corrected chi connectivity index (χ1v) is 12.2. The van der Waals surface area contributed by atoms with Crippen molar-refractivity contribution in [2.24, 2.45) is 0 Å². The standard InChI is InChI=1S/C27H35ClN2O2/c1-3-25(27(32)29-23-10-5-4-6-11-23)30(19-22-9-7-8-12-24(22)28)26(31)18-17-21-15-13-20(2)14-16-21/h7-9,12-16,23,25H,3-6,10-11,17-19H2,1-2H3,(H,29,32). The molecule has 1 aliphatic carbocycles. The lowest BCUT2D eigenvalue weighted by Crippen LogP contribution is -2.51. The van der Waals surface area contributed by atoms with Gasteiger partial charge in [-0.15, -0.1) is 0 Å². The maximum atomic E-state index is 13.4. The summed E-state index contributed by atoms with van der Waals surface area (Å²) in [5.41, 5.74) is 3.19. The largest absolute Gasteiger partial charge is 0.352 e. The highest BCUT2D eigenvalue weighted by atomic mass is 35.5. The summed E-state index contributed by atoms with van der Waals surface area (Å²) < 4.78 is 0. The molecule has 1 aliphatic rings. The second-order valence-electron chi connectivity index (χ2n) is 8.87.